The number of guanidine groups is 1. The minimum absolute atomic E-state index is 0.0584. The van der Waals surface area contributed by atoms with E-state index in [4.69, 9.17) is 9.47 Å². The molecule has 1 unspecified atom stereocenters. The third kappa shape index (κ3) is 7.15. The molecule has 1 heterocycles. The Labute approximate surface area is 174 Å². The molecule has 0 spiro atoms. The molecular weight excluding hydrogens is 368 g/mol. The van der Waals surface area contributed by atoms with Crippen LogP contribution in [0.4, 0.5) is 0 Å². The molecule has 1 aromatic carbocycles. The van der Waals surface area contributed by atoms with Crippen molar-refractivity contribution in [2.75, 3.05) is 33.3 Å². The van der Waals surface area contributed by atoms with Crippen molar-refractivity contribution in [1.82, 2.24) is 15.5 Å². The molecule has 0 aromatic heterocycles. The Morgan fingerprint density at radius 3 is 2.45 bits per heavy atom. The molecule has 1 aliphatic rings. The number of carbonyl (C=O) groups is 1. The first kappa shape index (κ1) is 22.8. The number of likely N-dealkylation sites (tertiary alicyclic amines) is 1. The number of ether oxygens (including phenoxy) is 2. The van der Waals surface area contributed by atoms with Gasteiger partial charge in [0.15, 0.2) is 17.5 Å². The highest BCUT2D eigenvalue weighted by atomic mass is 16.5. The summed E-state index contributed by atoms with van der Waals surface area (Å²) < 4.78 is 11.3. The maximum absolute atomic E-state index is 12.1. The van der Waals surface area contributed by atoms with Crippen molar-refractivity contribution in [3.63, 3.8) is 0 Å². The number of nitrogens with one attached hydrogen (secondary N) is 2. The molecule has 2 N–H and O–H groups in total. The van der Waals surface area contributed by atoms with E-state index in [0.29, 0.717) is 12.6 Å². The summed E-state index contributed by atoms with van der Waals surface area (Å²) in [6.07, 6.45) is 1.76. The predicted molar refractivity (Wildman–Crippen MR) is 117 cm³/mol. The van der Waals surface area contributed by atoms with Crippen LogP contribution in [0, 0.1) is 5.92 Å². The minimum Gasteiger partial charge on any atom is -0.493 e. The van der Waals surface area contributed by atoms with E-state index in [1.807, 2.05) is 49.9 Å². The molecule has 7 nitrogen and oxygen atoms in total. The lowest BCUT2D eigenvalue weighted by Crippen LogP contribution is -2.50. The Kier molecular flexibility index (Phi) is 9.09. The summed E-state index contributed by atoms with van der Waals surface area (Å²) in [5.41, 5.74) is 0. The highest BCUT2D eigenvalue weighted by Crippen LogP contribution is 2.26. The largest absolute Gasteiger partial charge is 0.493 e. The van der Waals surface area contributed by atoms with Crippen molar-refractivity contribution in [2.45, 2.75) is 52.7 Å². The molecule has 0 bridgehead atoms. The molecule has 1 aliphatic heterocycles. The molecule has 1 aromatic rings. The van der Waals surface area contributed by atoms with Crippen LogP contribution in [0.15, 0.2) is 29.3 Å². The maximum Gasteiger partial charge on any atom is 0.225 e. The summed E-state index contributed by atoms with van der Waals surface area (Å²) in [7, 11) is 1.64. The van der Waals surface area contributed by atoms with Gasteiger partial charge in [-0.25, -0.2) is 4.99 Å². The fraction of sp³-hybridized carbons (Fsp3) is 0.636. The topological polar surface area (TPSA) is 75.2 Å². The number of methoxy groups -OCH3 is 1. The normalized spacial score (nSPS) is 16.5. The number of nitrogens with zero attached hydrogens (tertiary/aromatic N) is 2. The molecule has 0 saturated carbocycles. The number of carbonyl (C=O) groups excluding carboxylic acids is 1. The lowest BCUT2D eigenvalue weighted by Gasteiger charge is -2.34. The van der Waals surface area contributed by atoms with Gasteiger partial charge in [-0.1, -0.05) is 26.0 Å². The molecule has 1 atom stereocenters. The van der Waals surface area contributed by atoms with Crippen LogP contribution in [0.3, 0.4) is 0 Å². The number of benzene rings is 1. The van der Waals surface area contributed by atoms with Crippen LogP contribution in [0.1, 0.15) is 40.5 Å². The molecule has 0 radical (unpaired) electrons. The molecule has 0 aliphatic carbocycles. The number of aliphatic imine (C=N–C) groups is 1. The lowest BCUT2D eigenvalue weighted by atomic mass is 10.0. The van der Waals surface area contributed by atoms with Gasteiger partial charge in [-0.3, -0.25) is 4.79 Å². The Morgan fingerprint density at radius 1 is 1.21 bits per heavy atom. The van der Waals surface area contributed by atoms with Crippen LogP contribution in [-0.2, 0) is 4.79 Å². The zero-order valence-electron chi connectivity index (χ0n) is 18.4. The lowest BCUT2D eigenvalue weighted by molar-refractivity contribution is -0.135. The standard InChI is InChI=1S/C22H36N4O3/c1-6-23-22(25-18-11-13-26(14-12-18)21(27)16(2)3)24-15-17(4)29-20-10-8-7-9-19(20)28-5/h7-10,16-18H,6,11-15H2,1-5H3,(H2,23,24,25). The van der Waals surface area contributed by atoms with E-state index >= 15 is 0 Å². The summed E-state index contributed by atoms with van der Waals surface area (Å²) in [4.78, 5) is 18.8. The molecular formula is C22H36N4O3. The summed E-state index contributed by atoms with van der Waals surface area (Å²) in [6, 6.07) is 7.94. The van der Waals surface area contributed by atoms with Gasteiger partial charge in [0.25, 0.3) is 0 Å². The molecule has 2 rings (SSSR count). The Morgan fingerprint density at radius 2 is 1.86 bits per heavy atom. The van der Waals surface area contributed by atoms with Crippen molar-refractivity contribution < 1.29 is 14.3 Å². The Hall–Kier alpha value is -2.44. The van der Waals surface area contributed by atoms with Crippen LogP contribution >= 0.6 is 0 Å². The molecule has 29 heavy (non-hydrogen) atoms. The number of hydrogen-bond donors (Lipinski definition) is 2. The third-order valence-corrected chi connectivity index (χ3v) is 4.89. The van der Waals surface area contributed by atoms with E-state index in [1.54, 1.807) is 7.11 Å². The van der Waals surface area contributed by atoms with Crippen molar-refractivity contribution in [1.29, 1.82) is 0 Å². The Balaban J connectivity index is 1.87. The number of piperidine rings is 1. The second-order valence-electron chi connectivity index (χ2n) is 7.70. The van der Waals surface area contributed by atoms with Gasteiger partial charge in [-0.2, -0.15) is 0 Å². The first-order valence-corrected chi connectivity index (χ1v) is 10.6. The number of rotatable bonds is 8. The molecule has 162 valence electrons. The summed E-state index contributed by atoms with van der Waals surface area (Å²) >= 11 is 0. The van der Waals surface area contributed by atoms with Crippen molar-refractivity contribution >= 4 is 11.9 Å². The van der Waals surface area contributed by atoms with E-state index in [2.05, 4.69) is 22.5 Å². The summed E-state index contributed by atoms with van der Waals surface area (Å²) in [5.74, 6) is 2.53. The second kappa shape index (κ2) is 11.5. The van der Waals surface area contributed by atoms with E-state index in [1.165, 1.54) is 0 Å². The predicted octanol–water partition coefficient (Wildman–Crippen LogP) is 2.66. The second-order valence-corrected chi connectivity index (χ2v) is 7.70. The van der Waals surface area contributed by atoms with Crippen molar-refractivity contribution in [2.24, 2.45) is 10.9 Å². The van der Waals surface area contributed by atoms with Gasteiger partial charge in [0, 0.05) is 31.6 Å². The van der Waals surface area contributed by atoms with Gasteiger partial charge in [0.1, 0.15) is 6.10 Å². The van der Waals surface area contributed by atoms with Crippen LogP contribution in [0.5, 0.6) is 11.5 Å². The van der Waals surface area contributed by atoms with Gasteiger partial charge >= 0.3 is 0 Å². The molecule has 1 amide bonds. The van der Waals surface area contributed by atoms with Crippen LogP contribution in [0.25, 0.3) is 0 Å². The first-order valence-electron chi connectivity index (χ1n) is 10.6. The van der Waals surface area contributed by atoms with Crippen molar-refractivity contribution in [3.05, 3.63) is 24.3 Å². The highest BCUT2D eigenvalue weighted by molar-refractivity contribution is 5.80. The van der Waals surface area contributed by atoms with E-state index in [-0.39, 0.29) is 17.9 Å². The first-order chi connectivity index (χ1) is 13.9. The quantitative estimate of drug-likeness (QED) is 0.515. The summed E-state index contributed by atoms with van der Waals surface area (Å²) in [5, 5.41) is 6.81. The average molecular weight is 405 g/mol. The monoisotopic (exact) mass is 404 g/mol. The number of hydrogen-bond acceptors (Lipinski definition) is 4. The SMILES string of the molecule is CCNC(=NCC(C)Oc1ccccc1OC)NC1CCN(C(=O)C(C)C)CC1. The van der Waals surface area contributed by atoms with Crippen LogP contribution < -0.4 is 20.1 Å². The van der Waals surface area contributed by atoms with E-state index < -0.39 is 0 Å². The molecule has 7 heteroatoms. The van der Waals surface area contributed by atoms with Gasteiger partial charge in [-0.15, -0.1) is 0 Å². The summed E-state index contributed by atoms with van der Waals surface area (Å²) in [6.45, 7) is 10.9. The highest BCUT2D eigenvalue weighted by Gasteiger charge is 2.24. The smallest absolute Gasteiger partial charge is 0.225 e. The van der Waals surface area contributed by atoms with E-state index in [9.17, 15) is 4.79 Å². The third-order valence-electron chi connectivity index (χ3n) is 4.89. The number of amides is 1. The van der Waals surface area contributed by atoms with Gasteiger partial charge in [0.2, 0.25) is 5.91 Å². The zero-order chi connectivity index (χ0) is 21.2. The van der Waals surface area contributed by atoms with Crippen molar-refractivity contribution in [3.8, 4) is 11.5 Å². The average Bonchev–Trinajstić information content (AvgIpc) is 2.72. The van der Waals surface area contributed by atoms with Crippen LogP contribution in [-0.4, -0.2) is 62.2 Å². The Bertz CT molecular complexity index is 670. The minimum atomic E-state index is -0.0905. The molecule has 1 saturated heterocycles. The fourth-order valence-corrected chi connectivity index (χ4v) is 3.31. The fourth-order valence-electron chi connectivity index (χ4n) is 3.31. The maximum atomic E-state index is 12.1. The zero-order valence-corrected chi connectivity index (χ0v) is 18.4. The van der Waals surface area contributed by atoms with Gasteiger partial charge in [0.05, 0.1) is 13.7 Å². The number of para-hydroxylation sites is 2. The van der Waals surface area contributed by atoms with E-state index in [0.717, 1.165) is 49.9 Å². The van der Waals surface area contributed by atoms with Gasteiger partial charge in [-0.05, 0) is 38.8 Å². The van der Waals surface area contributed by atoms with Crippen LogP contribution in [0.2, 0.25) is 0 Å². The molecule has 1 fully saturated rings. The van der Waals surface area contributed by atoms with Gasteiger partial charge < -0.3 is 25.0 Å².